The maximum Gasteiger partial charge on any atom is 0.327 e. The molecule has 0 amide bonds. The average molecular weight is 278 g/mol. The molecule has 0 saturated heterocycles. The molecule has 0 rings (SSSR count). The molecule has 108 valence electrons. The minimum atomic E-state index is -2.16. The highest BCUT2D eigenvalue weighted by Crippen LogP contribution is 2.24. The zero-order chi connectivity index (χ0) is 13.5. The van der Waals surface area contributed by atoms with Gasteiger partial charge in [-0.1, -0.05) is 51.4 Å². The van der Waals surface area contributed by atoms with Crippen LogP contribution in [0.5, 0.6) is 0 Å². The van der Waals surface area contributed by atoms with Crippen LogP contribution >= 0.6 is 8.60 Å². The number of carbonyl (C=O) groups excluding carboxylic acids is 1. The quantitative estimate of drug-likeness (QED) is 0.289. The Morgan fingerprint density at radius 1 is 0.778 bits per heavy atom. The third-order valence-corrected chi connectivity index (χ3v) is 3.34. The summed E-state index contributed by atoms with van der Waals surface area (Å²) in [5.74, 6) is 0. The molecule has 5 heteroatoms. The molecule has 18 heavy (non-hydrogen) atoms. The van der Waals surface area contributed by atoms with Gasteiger partial charge in [0, 0.05) is 6.42 Å². The molecule has 0 aliphatic heterocycles. The van der Waals surface area contributed by atoms with Gasteiger partial charge in [0.05, 0.1) is 6.61 Å². The van der Waals surface area contributed by atoms with Crippen LogP contribution in [0, 0.1) is 0 Å². The predicted octanol–water partition coefficient (Wildman–Crippen LogP) is 3.70. The van der Waals surface area contributed by atoms with Crippen LogP contribution in [-0.4, -0.2) is 22.7 Å². The second-order valence-corrected chi connectivity index (χ2v) is 5.34. The van der Waals surface area contributed by atoms with Gasteiger partial charge in [-0.2, -0.15) is 0 Å². The molecule has 0 aromatic heterocycles. The molecule has 0 aromatic carbocycles. The minimum absolute atomic E-state index is 0.454. The summed E-state index contributed by atoms with van der Waals surface area (Å²) in [6.07, 6.45) is 13.5. The monoisotopic (exact) mass is 278 g/mol. The highest BCUT2D eigenvalue weighted by Gasteiger charge is 1.98. The smallest absolute Gasteiger partial charge is 0.327 e. The molecule has 0 unspecified atom stereocenters. The number of aldehydes is 1. The highest BCUT2D eigenvalue weighted by atomic mass is 31.2. The molecule has 0 bridgehead atoms. The summed E-state index contributed by atoms with van der Waals surface area (Å²) in [6, 6.07) is 0. The van der Waals surface area contributed by atoms with Crippen molar-refractivity contribution in [2.24, 2.45) is 0 Å². The van der Waals surface area contributed by atoms with Gasteiger partial charge in [-0.15, -0.1) is 0 Å². The third-order valence-electron chi connectivity index (χ3n) is 2.92. The Bertz CT molecular complexity index is 176. The fraction of sp³-hybridized carbons (Fsp3) is 0.923. The summed E-state index contributed by atoms with van der Waals surface area (Å²) in [5, 5.41) is 0. The average Bonchev–Trinajstić information content (AvgIpc) is 2.34. The molecular formula is C13H27O4P. The predicted molar refractivity (Wildman–Crippen MR) is 74.2 cm³/mol. The fourth-order valence-corrected chi connectivity index (χ4v) is 2.18. The number of unbranched alkanes of at least 4 members (excludes halogenated alkanes) is 10. The normalized spacial score (nSPS) is 11.1. The first-order valence-corrected chi connectivity index (χ1v) is 8.18. The van der Waals surface area contributed by atoms with Crippen molar-refractivity contribution in [3.63, 3.8) is 0 Å². The standard InChI is InChI=1S/C13H27O4P/c14-12-10-8-6-4-2-1-3-5-7-9-11-13-17-18(15)16/h12,15-16H,1-11,13H2. The maximum atomic E-state index is 10.1. The Morgan fingerprint density at radius 2 is 1.22 bits per heavy atom. The van der Waals surface area contributed by atoms with E-state index in [0.29, 0.717) is 13.0 Å². The second-order valence-electron chi connectivity index (χ2n) is 4.58. The summed E-state index contributed by atoms with van der Waals surface area (Å²) in [4.78, 5) is 27.1. The van der Waals surface area contributed by atoms with E-state index in [-0.39, 0.29) is 0 Å². The van der Waals surface area contributed by atoms with E-state index in [1.807, 2.05) is 0 Å². The van der Waals surface area contributed by atoms with E-state index in [2.05, 4.69) is 4.52 Å². The van der Waals surface area contributed by atoms with Gasteiger partial charge in [-0.25, -0.2) is 0 Å². The van der Waals surface area contributed by atoms with Crippen molar-refractivity contribution in [3.8, 4) is 0 Å². The molecule has 0 aliphatic carbocycles. The first kappa shape index (κ1) is 18.0. The van der Waals surface area contributed by atoms with Crippen LogP contribution in [0.1, 0.15) is 70.6 Å². The number of hydrogen-bond donors (Lipinski definition) is 2. The molecule has 4 nitrogen and oxygen atoms in total. The minimum Gasteiger partial charge on any atom is -0.328 e. The number of rotatable bonds is 14. The van der Waals surface area contributed by atoms with Gasteiger partial charge in [0.1, 0.15) is 6.29 Å². The lowest BCUT2D eigenvalue weighted by molar-refractivity contribution is -0.107. The summed E-state index contributed by atoms with van der Waals surface area (Å²) in [6.45, 7) is 0.454. The van der Waals surface area contributed by atoms with Crippen molar-refractivity contribution in [1.29, 1.82) is 0 Å². The Kier molecular flexibility index (Phi) is 15.0. The van der Waals surface area contributed by atoms with Crippen molar-refractivity contribution in [3.05, 3.63) is 0 Å². The molecule has 0 aliphatic rings. The first-order chi connectivity index (χ1) is 8.77. The van der Waals surface area contributed by atoms with Crippen molar-refractivity contribution >= 4 is 14.9 Å². The lowest BCUT2D eigenvalue weighted by Crippen LogP contribution is -1.89. The van der Waals surface area contributed by atoms with E-state index in [9.17, 15) is 4.79 Å². The highest BCUT2D eigenvalue weighted by molar-refractivity contribution is 7.39. The van der Waals surface area contributed by atoms with Gasteiger partial charge in [0.15, 0.2) is 0 Å². The van der Waals surface area contributed by atoms with E-state index in [4.69, 9.17) is 9.79 Å². The summed E-state index contributed by atoms with van der Waals surface area (Å²) < 4.78 is 4.68. The van der Waals surface area contributed by atoms with Crippen LogP contribution in [0.4, 0.5) is 0 Å². The number of hydrogen-bond acceptors (Lipinski definition) is 4. The topological polar surface area (TPSA) is 66.8 Å². The van der Waals surface area contributed by atoms with Gasteiger partial charge >= 0.3 is 8.60 Å². The van der Waals surface area contributed by atoms with Crippen LogP contribution < -0.4 is 0 Å². The lowest BCUT2D eigenvalue weighted by atomic mass is 10.1. The third kappa shape index (κ3) is 16.0. The van der Waals surface area contributed by atoms with E-state index < -0.39 is 8.60 Å². The second kappa shape index (κ2) is 15.0. The van der Waals surface area contributed by atoms with E-state index in [1.54, 1.807) is 0 Å². The molecule has 0 saturated carbocycles. The van der Waals surface area contributed by atoms with Gasteiger partial charge in [-0.3, -0.25) is 0 Å². The Hall–Kier alpha value is -0.0200. The van der Waals surface area contributed by atoms with E-state index in [1.165, 1.54) is 44.9 Å². The molecule has 0 fully saturated rings. The van der Waals surface area contributed by atoms with E-state index in [0.717, 1.165) is 25.5 Å². The first-order valence-electron chi connectivity index (χ1n) is 7.02. The molecule has 0 aromatic rings. The van der Waals surface area contributed by atoms with Crippen LogP contribution in [0.2, 0.25) is 0 Å². The Morgan fingerprint density at radius 3 is 1.67 bits per heavy atom. The van der Waals surface area contributed by atoms with E-state index >= 15 is 0 Å². The fourth-order valence-electron chi connectivity index (χ4n) is 1.89. The Labute approximate surface area is 112 Å². The van der Waals surface area contributed by atoms with Crippen molar-refractivity contribution < 1.29 is 19.1 Å². The molecule has 2 N–H and O–H groups in total. The molecular weight excluding hydrogens is 251 g/mol. The largest absolute Gasteiger partial charge is 0.328 e. The zero-order valence-electron chi connectivity index (χ0n) is 11.2. The zero-order valence-corrected chi connectivity index (χ0v) is 12.1. The van der Waals surface area contributed by atoms with Crippen molar-refractivity contribution in [2.75, 3.05) is 6.61 Å². The molecule has 0 heterocycles. The summed E-state index contributed by atoms with van der Waals surface area (Å²) in [5.41, 5.74) is 0. The van der Waals surface area contributed by atoms with Crippen molar-refractivity contribution in [2.45, 2.75) is 70.6 Å². The number of carbonyl (C=O) groups is 1. The molecule has 0 atom stereocenters. The van der Waals surface area contributed by atoms with Crippen molar-refractivity contribution in [1.82, 2.24) is 0 Å². The summed E-state index contributed by atoms with van der Waals surface area (Å²) >= 11 is 0. The molecule has 0 spiro atoms. The van der Waals surface area contributed by atoms with Crippen LogP contribution in [0.3, 0.4) is 0 Å². The van der Waals surface area contributed by atoms with Crippen LogP contribution in [-0.2, 0) is 9.32 Å². The van der Waals surface area contributed by atoms with Gasteiger partial charge < -0.3 is 19.1 Å². The van der Waals surface area contributed by atoms with Crippen LogP contribution in [0.25, 0.3) is 0 Å². The van der Waals surface area contributed by atoms with Gasteiger partial charge in [0.25, 0.3) is 0 Å². The van der Waals surface area contributed by atoms with Gasteiger partial charge in [-0.05, 0) is 12.8 Å². The summed E-state index contributed by atoms with van der Waals surface area (Å²) in [7, 11) is -2.16. The Balaban J connectivity index is 2.92. The van der Waals surface area contributed by atoms with Crippen LogP contribution in [0.15, 0.2) is 0 Å². The molecule has 0 radical (unpaired) electrons. The maximum absolute atomic E-state index is 10.1. The SMILES string of the molecule is O=CCCCCCCCCCCCCOP(O)O. The lowest BCUT2D eigenvalue weighted by Gasteiger charge is -2.04. The van der Waals surface area contributed by atoms with Gasteiger partial charge in [0.2, 0.25) is 0 Å².